The molecular weight excluding hydrogens is 231 g/mol. The fraction of sp³-hybridized carbons (Fsp3) is 0.571. The summed E-state index contributed by atoms with van der Waals surface area (Å²) in [7, 11) is 0. The Labute approximate surface area is 108 Å². The van der Waals surface area contributed by atoms with E-state index in [0.29, 0.717) is 24.9 Å². The second kappa shape index (κ2) is 6.71. The third kappa shape index (κ3) is 3.68. The Hall–Kier alpha value is -1.13. The largest absolute Gasteiger partial charge is 0.493 e. The molecule has 1 fully saturated rings. The topological polar surface area (TPSA) is 38.5 Å². The van der Waals surface area contributed by atoms with Gasteiger partial charge in [0.1, 0.15) is 11.6 Å². The second-order valence-electron chi connectivity index (χ2n) is 4.73. The minimum absolute atomic E-state index is 0.262. The molecule has 0 saturated carbocycles. The monoisotopic (exact) mass is 252 g/mol. The van der Waals surface area contributed by atoms with Crippen molar-refractivity contribution in [1.29, 1.82) is 0 Å². The number of nitrogens with zero attached hydrogens (tertiary/aromatic N) is 1. The van der Waals surface area contributed by atoms with Gasteiger partial charge in [-0.2, -0.15) is 0 Å². The average molecular weight is 252 g/mol. The molecule has 0 radical (unpaired) electrons. The van der Waals surface area contributed by atoms with E-state index in [9.17, 15) is 4.39 Å². The molecule has 1 aromatic rings. The number of rotatable bonds is 6. The first-order valence-electron chi connectivity index (χ1n) is 6.62. The van der Waals surface area contributed by atoms with Gasteiger partial charge in [-0.25, -0.2) is 4.39 Å². The molecule has 1 aliphatic rings. The number of hydrogen-bond donors (Lipinski definition) is 1. The quantitative estimate of drug-likeness (QED) is 0.841. The molecule has 1 heterocycles. The Morgan fingerprint density at radius 1 is 1.33 bits per heavy atom. The van der Waals surface area contributed by atoms with E-state index in [-0.39, 0.29) is 5.82 Å². The van der Waals surface area contributed by atoms with Gasteiger partial charge in [-0.1, -0.05) is 6.07 Å². The van der Waals surface area contributed by atoms with Crippen LogP contribution in [0.4, 0.5) is 4.39 Å². The van der Waals surface area contributed by atoms with Gasteiger partial charge in [0.05, 0.1) is 6.61 Å². The SMILES string of the molecule is NCC(CCOc1cccc(F)c1)N1CCCC1. The van der Waals surface area contributed by atoms with Crippen molar-refractivity contribution >= 4 is 0 Å². The lowest BCUT2D eigenvalue weighted by Crippen LogP contribution is -2.39. The number of hydrogen-bond acceptors (Lipinski definition) is 3. The highest BCUT2D eigenvalue weighted by Gasteiger charge is 2.20. The fourth-order valence-electron chi connectivity index (χ4n) is 2.43. The van der Waals surface area contributed by atoms with E-state index in [0.717, 1.165) is 19.5 Å². The predicted molar refractivity (Wildman–Crippen MR) is 70.2 cm³/mol. The summed E-state index contributed by atoms with van der Waals surface area (Å²) in [5.74, 6) is 0.328. The first-order chi connectivity index (χ1) is 8.79. The zero-order chi connectivity index (χ0) is 12.8. The highest BCUT2D eigenvalue weighted by atomic mass is 19.1. The van der Waals surface area contributed by atoms with E-state index < -0.39 is 0 Å². The summed E-state index contributed by atoms with van der Waals surface area (Å²) in [4.78, 5) is 2.43. The molecule has 1 saturated heterocycles. The van der Waals surface area contributed by atoms with Gasteiger partial charge in [-0.05, 0) is 44.5 Å². The Bertz CT molecular complexity index is 367. The van der Waals surface area contributed by atoms with E-state index in [2.05, 4.69) is 4.90 Å². The molecule has 2 rings (SSSR count). The first-order valence-corrected chi connectivity index (χ1v) is 6.62. The molecule has 1 unspecified atom stereocenters. The van der Waals surface area contributed by atoms with Crippen LogP contribution < -0.4 is 10.5 Å². The van der Waals surface area contributed by atoms with Crippen LogP contribution in [-0.2, 0) is 0 Å². The van der Waals surface area contributed by atoms with Crippen molar-refractivity contribution in [3.8, 4) is 5.75 Å². The minimum atomic E-state index is -0.262. The van der Waals surface area contributed by atoms with Gasteiger partial charge in [-0.15, -0.1) is 0 Å². The predicted octanol–water partition coefficient (Wildman–Crippen LogP) is 2.02. The molecule has 1 aromatic carbocycles. The number of halogens is 1. The number of likely N-dealkylation sites (tertiary alicyclic amines) is 1. The summed E-state index contributed by atoms with van der Waals surface area (Å²) < 4.78 is 18.5. The molecule has 0 spiro atoms. The maximum atomic E-state index is 13.0. The summed E-state index contributed by atoms with van der Waals surface area (Å²) in [6.07, 6.45) is 3.43. The third-order valence-electron chi connectivity index (χ3n) is 3.45. The van der Waals surface area contributed by atoms with Gasteiger partial charge < -0.3 is 10.5 Å². The maximum absolute atomic E-state index is 13.0. The van der Waals surface area contributed by atoms with Crippen molar-refractivity contribution in [1.82, 2.24) is 4.90 Å². The second-order valence-corrected chi connectivity index (χ2v) is 4.73. The summed E-state index contributed by atoms with van der Waals surface area (Å²) in [6, 6.07) is 6.65. The molecule has 3 nitrogen and oxygen atoms in total. The summed E-state index contributed by atoms with van der Waals surface area (Å²) >= 11 is 0. The van der Waals surface area contributed by atoms with E-state index >= 15 is 0 Å². The van der Waals surface area contributed by atoms with Crippen molar-refractivity contribution in [3.05, 3.63) is 30.1 Å². The van der Waals surface area contributed by atoms with Crippen LogP contribution in [0.2, 0.25) is 0 Å². The Morgan fingerprint density at radius 3 is 2.78 bits per heavy atom. The number of nitrogens with two attached hydrogens (primary N) is 1. The summed E-state index contributed by atoms with van der Waals surface area (Å²) in [5, 5.41) is 0. The van der Waals surface area contributed by atoms with Crippen molar-refractivity contribution in [3.63, 3.8) is 0 Å². The highest BCUT2D eigenvalue weighted by Crippen LogP contribution is 2.15. The maximum Gasteiger partial charge on any atom is 0.126 e. The van der Waals surface area contributed by atoms with E-state index in [1.165, 1.54) is 25.0 Å². The smallest absolute Gasteiger partial charge is 0.126 e. The Balaban J connectivity index is 1.76. The van der Waals surface area contributed by atoms with E-state index in [1.54, 1.807) is 12.1 Å². The lowest BCUT2D eigenvalue weighted by Gasteiger charge is -2.26. The van der Waals surface area contributed by atoms with Crippen molar-refractivity contribution in [2.45, 2.75) is 25.3 Å². The van der Waals surface area contributed by atoms with Crippen molar-refractivity contribution in [2.75, 3.05) is 26.2 Å². The standard InChI is InChI=1S/C14H21FN2O/c15-12-4-3-5-14(10-12)18-9-6-13(11-16)17-7-1-2-8-17/h3-5,10,13H,1-2,6-9,11,16H2. The Morgan fingerprint density at radius 2 is 2.11 bits per heavy atom. The molecule has 0 aromatic heterocycles. The summed E-state index contributed by atoms with van der Waals surface area (Å²) in [5.41, 5.74) is 5.80. The molecule has 0 aliphatic carbocycles. The third-order valence-corrected chi connectivity index (χ3v) is 3.45. The molecule has 0 amide bonds. The zero-order valence-electron chi connectivity index (χ0n) is 10.6. The highest BCUT2D eigenvalue weighted by molar-refractivity contribution is 5.22. The molecule has 100 valence electrons. The van der Waals surface area contributed by atoms with E-state index in [4.69, 9.17) is 10.5 Å². The van der Waals surface area contributed by atoms with E-state index in [1.807, 2.05) is 0 Å². The van der Waals surface area contributed by atoms with Gasteiger partial charge in [0.15, 0.2) is 0 Å². The van der Waals surface area contributed by atoms with Crippen LogP contribution in [0.25, 0.3) is 0 Å². The van der Waals surface area contributed by atoms with Gasteiger partial charge in [-0.3, -0.25) is 4.90 Å². The molecular formula is C14H21FN2O. The van der Waals surface area contributed by atoms with Crippen molar-refractivity contribution in [2.24, 2.45) is 5.73 Å². The van der Waals surface area contributed by atoms with Crippen LogP contribution >= 0.6 is 0 Å². The van der Waals surface area contributed by atoms with Gasteiger partial charge in [0, 0.05) is 18.7 Å². The first kappa shape index (κ1) is 13.3. The molecule has 1 atom stereocenters. The zero-order valence-corrected chi connectivity index (χ0v) is 10.6. The lowest BCUT2D eigenvalue weighted by molar-refractivity contribution is 0.197. The molecule has 2 N–H and O–H groups in total. The van der Waals surface area contributed by atoms with Crippen LogP contribution in [0, 0.1) is 5.82 Å². The molecule has 4 heteroatoms. The van der Waals surface area contributed by atoms with Crippen LogP contribution in [0.3, 0.4) is 0 Å². The van der Waals surface area contributed by atoms with Gasteiger partial charge in [0.2, 0.25) is 0 Å². The van der Waals surface area contributed by atoms with Crippen molar-refractivity contribution < 1.29 is 9.13 Å². The lowest BCUT2D eigenvalue weighted by atomic mass is 10.2. The average Bonchev–Trinajstić information content (AvgIpc) is 2.88. The fourth-order valence-corrected chi connectivity index (χ4v) is 2.43. The van der Waals surface area contributed by atoms with Gasteiger partial charge >= 0.3 is 0 Å². The number of benzene rings is 1. The Kier molecular flexibility index (Phi) is 4.96. The van der Waals surface area contributed by atoms with Crippen LogP contribution in [0.1, 0.15) is 19.3 Å². The number of ether oxygens (including phenoxy) is 1. The van der Waals surface area contributed by atoms with Crippen LogP contribution in [0.5, 0.6) is 5.75 Å². The van der Waals surface area contributed by atoms with Crippen LogP contribution in [-0.4, -0.2) is 37.2 Å². The minimum Gasteiger partial charge on any atom is -0.493 e. The molecule has 1 aliphatic heterocycles. The van der Waals surface area contributed by atoms with Crippen LogP contribution in [0.15, 0.2) is 24.3 Å². The normalized spacial score (nSPS) is 17.9. The molecule has 0 bridgehead atoms. The molecule has 18 heavy (non-hydrogen) atoms. The summed E-state index contributed by atoms with van der Waals surface area (Å²) in [6.45, 7) is 3.53. The van der Waals surface area contributed by atoms with Gasteiger partial charge in [0.25, 0.3) is 0 Å².